The molecule has 1 fully saturated rings. The van der Waals surface area contributed by atoms with E-state index in [2.05, 4.69) is 20.9 Å². The van der Waals surface area contributed by atoms with Crippen molar-refractivity contribution in [1.29, 1.82) is 0 Å². The van der Waals surface area contributed by atoms with Crippen LogP contribution >= 0.6 is 0 Å². The van der Waals surface area contributed by atoms with Crippen molar-refractivity contribution in [2.75, 3.05) is 5.32 Å². The Morgan fingerprint density at radius 3 is 2.61 bits per heavy atom. The molecule has 31 heavy (non-hydrogen) atoms. The lowest BCUT2D eigenvalue weighted by molar-refractivity contribution is -0.123. The molecule has 0 spiro atoms. The molecule has 3 N–H and O–H groups in total. The monoisotopic (exact) mass is 425 g/mol. The summed E-state index contributed by atoms with van der Waals surface area (Å²) < 4.78 is 3.51. The van der Waals surface area contributed by atoms with Crippen LogP contribution in [0.4, 0.5) is 10.5 Å². The molecule has 1 aliphatic heterocycles. The van der Waals surface area contributed by atoms with Crippen molar-refractivity contribution < 1.29 is 14.4 Å². The number of nitrogens with one attached hydrogen (secondary N) is 3. The average molecular weight is 425 g/mol. The van der Waals surface area contributed by atoms with Crippen LogP contribution in [0.3, 0.4) is 0 Å². The SMILES string of the molecule is Cn1cnc2c1c(=O)n(CC(=O)Nc1cccc(C3(C)NC(=O)NC3=O)c1)c(=O)n2C. The number of rotatable bonds is 4. The van der Waals surface area contributed by atoms with E-state index in [1.807, 2.05) is 0 Å². The summed E-state index contributed by atoms with van der Waals surface area (Å²) in [7, 11) is 3.09. The number of aromatic nitrogens is 4. The van der Waals surface area contributed by atoms with Gasteiger partial charge in [0.15, 0.2) is 11.2 Å². The second-order valence-electron chi connectivity index (χ2n) is 7.42. The lowest BCUT2D eigenvalue weighted by Crippen LogP contribution is -2.42. The van der Waals surface area contributed by atoms with Crippen LogP contribution in [0, 0.1) is 0 Å². The van der Waals surface area contributed by atoms with Crippen LogP contribution in [0.15, 0.2) is 40.2 Å². The van der Waals surface area contributed by atoms with Gasteiger partial charge in [0.05, 0.1) is 6.33 Å². The Hall–Kier alpha value is -4.22. The Morgan fingerprint density at radius 2 is 1.94 bits per heavy atom. The first kappa shape index (κ1) is 20.1. The Bertz CT molecular complexity index is 1380. The Kier molecular flexibility index (Phi) is 4.49. The van der Waals surface area contributed by atoms with Gasteiger partial charge < -0.3 is 15.2 Å². The fraction of sp³-hybridized carbons (Fsp3) is 0.263. The molecular formula is C19H19N7O5. The standard InChI is InChI=1S/C19H19N7O5/c1-19(16(29)22-17(30)23-19)10-5-4-6-11(7-10)21-12(27)8-26-15(28)13-14(20-9-24(13)2)25(3)18(26)31/h4-7,9H,8H2,1-3H3,(H,21,27)(H2,22,23,29,30). The first-order valence-electron chi connectivity index (χ1n) is 9.26. The summed E-state index contributed by atoms with van der Waals surface area (Å²) in [5.74, 6) is -1.12. The van der Waals surface area contributed by atoms with Crippen molar-refractivity contribution in [2.45, 2.75) is 19.0 Å². The summed E-state index contributed by atoms with van der Waals surface area (Å²) in [6.45, 7) is 1.03. The predicted octanol–water partition coefficient (Wildman–Crippen LogP) is -0.873. The molecule has 1 aliphatic rings. The number of imide groups is 1. The number of fused-ring (bicyclic) bond motifs is 1. The van der Waals surface area contributed by atoms with Crippen LogP contribution in [0.1, 0.15) is 12.5 Å². The van der Waals surface area contributed by atoms with Gasteiger partial charge >= 0.3 is 11.7 Å². The summed E-state index contributed by atoms with van der Waals surface area (Å²) in [5, 5.41) is 7.34. The fourth-order valence-corrected chi connectivity index (χ4v) is 3.53. The van der Waals surface area contributed by atoms with Crippen molar-refractivity contribution in [2.24, 2.45) is 14.1 Å². The number of nitrogens with zero attached hydrogens (tertiary/aromatic N) is 4. The maximum atomic E-state index is 12.7. The fourth-order valence-electron chi connectivity index (χ4n) is 3.53. The second-order valence-corrected chi connectivity index (χ2v) is 7.42. The van der Waals surface area contributed by atoms with Crippen LogP contribution in [-0.4, -0.2) is 36.5 Å². The van der Waals surface area contributed by atoms with E-state index in [1.165, 1.54) is 28.6 Å². The molecular weight excluding hydrogens is 406 g/mol. The lowest BCUT2D eigenvalue weighted by Gasteiger charge is -2.21. The van der Waals surface area contributed by atoms with Crippen molar-refractivity contribution >= 4 is 34.7 Å². The number of carbonyl (C=O) groups is 3. The maximum absolute atomic E-state index is 12.7. The van der Waals surface area contributed by atoms with E-state index in [1.54, 1.807) is 32.2 Å². The lowest BCUT2D eigenvalue weighted by atomic mass is 9.92. The third-order valence-electron chi connectivity index (χ3n) is 5.27. The first-order chi connectivity index (χ1) is 14.6. The van der Waals surface area contributed by atoms with Crippen LogP contribution in [-0.2, 0) is 35.8 Å². The highest BCUT2D eigenvalue weighted by atomic mass is 16.2. The van der Waals surface area contributed by atoms with Crippen LogP contribution in [0.2, 0.25) is 0 Å². The van der Waals surface area contributed by atoms with E-state index in [9.17, 15) is 24.0 Å². The number of anilines is 1. The van der Waals surface area contributed by atoms with Crippen LogP contribution in [0.5, 0.6) is 0 Å². The predicted molar refractivity (Wildman–Crippen MR) is 109 cm³/mol. The van der Waals surface area contributed by atoms with E-state index < -0.39 is 41.2 Å². The van der Waals surface area contributed by atoms with E-state index in [-0.39, 0.29) is 11.2 Å². The number of carbonyl (C=O) groups excluding carboxylic acids is 3. The van der Waals surface area contributed by atoms with Gasteiger partial charge in [0.2, 0.25) is 5.91 Å². The highest BCUT2D eigenvalue weighted by molar-refractivity contribution is 6.07. The molecule has 3 aromatic rings. The van der Waals surface area contributed by atoms with Gasteiger partial charge in [-0.3, -0.25) is 24.3 Å². The first-order valence-corrected chi connectivity index (χ1v) is 9.26. The van der Waals surface area contributed by atoms with Gasteiger partial charge in [0.25, 0.3) is 11.5 Å². The Morgan fingerprint density at radius 1 is 1.19 bits per heavy atom. The minimum atomic E-state index is -1.28. The zero-order chi connectivity index (χ0) is 22.5. The number of imidazole rings is 1. The molecule has 1 atom stereocenters. The summed E-state index contributed by atoms with van der Waals surface area (Å²) in [5.41, 5.74) is -1.35. The Labute approximate surface area is 174 Å². The van der Waals surface area contributed by atoms with Crippen molar-refractivity contribution in [3.63, 3.8) is 0 Å². The molecule has 1 aromatic carbocycles. The maximum Gasteiger partial charge on any atom is 0.332 e. The van der Waals surface area contributed by atoms with E-state index in [0.29, 0.717) is 11.3 Å². The molecule has 0 saturated carbocycles. The van der Waals surface area contributed by atoms with E-state index >= 15 is 0 Å². The number of benzene rings is 1. The third-order valence-corrected chi connectivity index (χ3v) is 5.27. The van der Waals surface area contributed by atoms with Gasteiger partial charge in [-0.25, -0.2) is 19.1 Å². The highest BCUT2D eigenvalue weighted by Gasteiger charge is 2.43. The van der Waals surface area contributed by atoms with Gasteiger partial charge in [0.1, 0.15) is 12.1 Å². The molecule has 12 heteroatoms. The molecule has 3 heterocycles. The van der Waals surface area contributed by atoms with Crippen molar-refractivity contribution in [1.82, 2.24) is 29.3 Å². The van der Waals surface area contributed by atoms with E-state index in [0.717, 1.165) is 4.57 Å². The second kappa shape index (κ2) is 6.93. The topological polar surface area (TPSA) is 149 Å². The minimum Gasteiger partial charge on any atom is -0.328 e. The van der Waals surface area contributed by atoms with E-state index in [4.69, 9.17) is 0 Å². The number of urea groups is 1. The zero-order valence-electron chi connectivity index (χ0n) is 16.9. The molecule has 12 nitrogen and oxygen atoms in total. The minimum absolute atomic E-state index is 0.202. The summed E-state index contributed by atoms with van der Waals surface area (Å²) in [6, 6.07) is 5.76. The van der Waals surface area contributed by atoms with Gasteiger partial charge in [-0.2, -0.15) is 0 Å². The normalized spacial score (nSPS) is 18.2. The Balaban J connectivity index is 1.62. The molecule has 0 bridgehead atoms. The highest BCUT2D eigenvalue weighted by Crippen LogP contribution is 2.26. The molecule has 160 valence electrons. The molecule has 1 saturated heterocycles. The van der Waals surface area contributed by atoms with Crippen molar-refractivity contribution in [3.8, 4) is 0 Å². The summed E-state index contributed by atoms with van der Waals surface area (Å²) in [4.78, 5) is 65.6. The average Bonchev–Trinajstić information content (AvgIpc) is 3.23. The molecule has 2 aromatic heterocycles. The molecule has 4 rings (SSSR count). The van der Waals surface area contributed by atoms with Crippen LogP contribution < -0.4 is 27.2 Å². The molecule has 1 unspecified atom stereocenters. The summed E-state index contributed by atoms with van der Waals surface area (Å²) >= 11 is 0. The number of amides is 4. The molecule has 4 amide bonds. The quantitative estimate of drug-likeness (QED) is 0.463. The largest absolute Gasteiger partial charge is 0.332 e. The molecule has 0 aliphatic carbocycles. The number of aryl methyl sites for hydroxylation is 2. The van der Waals surface area contributed by atoms with Gasteiger partial charge in [0, 0.05) is 19.8 Å². The van der Waals surface area contributed by atoms with Gasteiger partial charge in [-0.05, 0) is 24.6 Å². The van der Waals surface area contributed by atoms with Gasteiger partial charge in [-0.1, -0.05) is 12.1 Å². The zero-order valence-corrected chi connectivity index (χ0v) is 16.9. The smallest absolute Gasteiger partial charge is 0.328 e. The van der Waals surface area contributed by atoms with Crippen LogP contribution in [0.25, 0.3) is 11.2 Å². The number of hydrogen-bond donors (Lipinski definition) is 3. The van der Waals surface area contributed by atoms with Crippen molar-refractivity contribution in [3.05, 3.63) is 57.0 Å². The number of hydrogen-bond acceptors (Lipinski definition) is 6. The third kappa shape index (κ3) is 3.17. The summed E-state index contributed by atoms with van der Waals surface area (Å²) in [6.07, 6.45) is 1.42. The molecule has 0 radical (unpaired) electrons. The van der Waals surface area contributed by atoms with Gasteiger partial charge in [-0.15, -0.1) is 0 Å².